The molecule has 0 aliphatic heterocycles. The summed E-state index contributed by atoms with van der Waals surface area (Å²) < 4.78 is 1.78. The highest BCUT2D eigenvalue weighted by atomic mass is 35.5. The summed E-state index contributed by atoms with van der Waals surface area (Å²) in [6.07, 6.45) is 2.66. The zero-order chi connectivity index (χ0) is 22.7. The van der Waals surface area contributed by atoms with E-state index in [1.165, 1.54) is 0 Å². The van der Waals surface area contributed by atoms with Crippen LogP contribution < -0.4 is 5.73 Å². The third kappa shape index (κ3) is 3.30. The Morgan fingerprint density at radius 3 is 2.55 bits per heavy atom. The lowest BCUT2D eigenvalue weighted by molar-refractivity contribution is 0.0209. The molecule has 6 nitrogen and oxygen atoms in total. The van der Waals surface area contributed by atoms with Gasteiger partial charge in [0.25, 0.3) is 0 Å². The maximum absolute atomic E-state index is 9.74. The summed E-state index contributed by atoms with van der Waals surface area (Å²) in [7, 11) is 0. The van der Waals surface area contributed by atoms with Crippen molar-refractivity contribution in [3.8, 4) is 22.4 Å². The molecule has 164 valence electrons. The number of hydrogen-bond acceptors (Lipinski definition) is 5. The predicted molar refractivity (Wildman–Crippen MR) is 130 cm³/mol. The monoisotopic (exact) mass is 455 g/mol. The van der Waals surface area contributed by atoms with Gasteiger partial charge in [-0.3, -0.25) is 0 Å². The lowest BCUT2D eigenvalue weighted by Gasteiger charge is -2.42. The normalized spacial score (nSPS) is 20.3. The number of aliphatic hydroxyl groups is 1. The first-order valence-electron chi connectivity index (χ1n) is 10.9. The van der Waals surface area contributed by atoms with Crippen LogP contribution in [-0.4, -0.2) is 30.8 Å². The Bertz CT molecular complexity index is 1520. The predicted octanol–water partition coefficient (Wildman–Crippen LogP) is 4.88. The van der Waals surface area contributed by atoms with Crippen LogP contribution in [0.25, 0.3) is 39.1 Å². The molecule has 0 bridgehead atoms. The van der Waals surface area contributed by atoms with Gasteiger partial charge in [0.15, 0.2) is 11.3 Å². The smallest absolute Gasteiger partial charge is 0.165 e. The summed E-state index contributed by atoms with van der Waals surface area (Å²) in [5.74, 6) is 0. The van der Waals surface area contributed by atoms with Crippen molar-refractivity contribution in [3.05, 3.63) is 83.1 Å². The Morgan fingerprint density at radius 2 is 1.82 bits per heavy atom. The number of halogens is 1. The molecule has 2 aromatic carbocycles. The standard InChI is InChI=1S/C26H22ClN5O/c1-15-10-23-29-14-17-11-21(20-4-2-3-5-22(20)27)24(30-25(17)32(23)31-15)16-6-8-18(9-7-16)26(28)12-19(33)13-26/h2-11,14,19,33H,12-13,28H2,1H3. The van der Waals surface area contributed by atoms with Gasteiger partial charge in [0.2, 0.25) is 0 Å². The molecular weight excluding hydrogens is 434 g/mol. The molecule has 6 rings (SSSR count). The summed E-state index contributed by atoms with van der Waals surface area (Å²) in [4.78, 5) is 9.62. The van der Waals surface area contributed by atoms with Crippen molar-refractivity contribution in [2.24, 2.45) is 5.73 Å². The molecule has 5 aromatic rings. The van der Waals surface area contributed by atoms with Gasteiger partial charge < -0.3 is 10.8 Å². The number of nitrogens with two attached hydrogens (primary N) is 1. The van der Waals surface area contributed by atoms with Crippen molar-refractivity contribution in [1.82, 2.24) is 19.6 Å². The highest BCUT2D eigenvalue weighted by Crippen LogP contribution is 2.41. The second-order valence-corrected chi connectivity index (χ2v) is 9.29. The average Bonchev–Trinajstić information content (AvgIpc) is 3.18. The molecule has 33 heavy (non-hydrogen) atoms. The summed E-state index contributed by atoms with van der Waals surface area (Å²) in [6.45, 7) is 1.94. The van der Waals surface area contributed by atoms with Crippen molar-refractivity contribution in [2.45, 2.75) is 31.4 Å². The number of benzene rings is 2. The number of aliphatic hydroxyl groups excluding tert-OH is 1. The maximum Gasteiger partial charge on any atom is 0.165 e. The third-order valence-corrected chi connectivity index (χ3v) is 6.81. The van der Waals surface area contributed by atoms with Crippen molar-refractivity contribution < 1.29 is 5.11 Å². The molecule has 7 heteroatoms. The van der Waals surface area contributed by atoms with E-state index in [9.17, 15) is 5.11 Å². The number of rotatable bonds is 3. The molecule has 0 saturated heterocycles. The fourth-order valence-corrected chi connectivity index (χ4v) is 4.97. The van der Waals surface area contributed by atoms with Crippen molar-refractivity contribution in [2.75, 3.05) is 0 Å². The van der Waals surface area contributed by atoms with E-state index < -0.39 is 5.54 Å². The molecular formula is C26H22ClN5O. The zero-order valence-corrected chi connectivity index (χ0v) is 18.8. The fourth-order valence-electron chi connectivity index (χ4n) is 4.73. The molecule has 0 amide bonds. The molecule has 3 N–H and O–H groups in total. The van der Waals surface area contributed by atoms with Crippen LogP contribution in [0.2, 0.25) is 5.02 Å². The largest absolute Gasteiger partial charge is 0.393 e. The molecule has 1 fully saturated rings. The van der Waals surface area contributed by atoms with E-state index in [-0.39, 0.29) is 6.10 Å². The summed E-state index contributed by atoms with van der Waals surface area (Å²) in [5.41, 5.74) is 13.0. The molecule has 1 saturated carbocycles. The molecule has 3 heterocycles. The molecule has 0 unspecified atom stereocenters. The number of nitrogens with zero attached hydrogens (tertiary/aromatic N) is 4. The zero-order valence-electron chi connectivity index (χ0n) is 18.0. The van der Waals surface area contributed by atoms with Gasteiger partial charge in [-0.2, -0.15) is 9.61 Å². The highest BCUT2D eigenvalue weighted by Gasteiger charge is 2.41. The Balaban J connectivity index is 1.57. The molecule has 1 aliphatic carbocycles. The Kier molecular flexibility index (Phi) is 4.52. The van der Waals surface area contributed by atoms with Crippen molar-refractivity contribution in [3.63, 3.8) is 0 Å². The van der Waals surface area contributed by atoms with E-state index in [1.807, 2.05) is 67.7 Å². The van der Waals surface area contributed by atoms with Gasteiger partial charge in [0, 0.05) is 44.9 Å². The first kappa shape index (κ1) is 20.3. The van der Waals surface area contributed by atoms with Crippen LogP contribution in [0.4, 0.5) is 0 Å². The lowest BCUT2D eigenvalue weighted by atomic mass is 9.70. The Hall–Kier alpha value is -3.32. The van der Waals surface area contributed by atoms with E-state index in [0.717, 1.165) is 50.3 Å². The van der Waals surface area contributed by atoms with Crippen LogP contribution in [0.1, 0.15) is 24.1 Å². The van der Waals surface area contributed by atoms with Gasteiger partial charge in [-0.1, -0.05) is 54.1 Å². The number of hydrogen-bond donors (Lipinski definition) is 2. The second-order valence-electron chi connectivity index (χ2n) is 8.89. The van der Waals surface area contributed by atoms with Crippen LogP contribution in [0.5, 0.6) is 0 Å². The van der Waals surface area contributed by atoms with Gasteiger partial charge in [0.1, 0.15) is 0 Å². The maximum atomic E-state index is 9.74. The first-order valence-corrected chi connectivity index (χ1v) is 11.3. The minimum Gasteiger partial charge on any atom is -0.393 e. The van der Waals surface area contributed by atoms with Gasteiger partial charge in [-0.05, 0) is 37.5 Å². The van der Waals surface area contributed by atoms with Gasteiger partial charge >= 0.3 is 0 Å². The molecule has 0 spiro atoms. The number of fused-ring (bicyclic) bond motifs is 3. The SMILES string of the molecule is Cc1cc2ncc3cc(-c4ccccc4Cl)c(-c4ccc(C5(N)CC(O)C5)cc4)nc3n2n1. The third-order valence-electron chi connectivity index (χ3n) is 6.48. The van der Waals surface area contributed by atoms with E-state index in [4.69, 9.17) is 22.3 Å². The van der Waals surface area contributed by atoms with Crippen LogP contribution in [0, 0.1) is 6.92 Å². The van der Waals surface area contributed by atoms with E-state index >= 15 is 0 Å². The quantitative estimate of drug-likeness (QED) is 0.404. The molecule has 0 atom stereocenters. The average molecular weight is 456 g/mol. The first-order chi connectivity index (χ1) is 15.9. The molecule has 3 aromatic heterocycles. The summed E-state index contributed by atoms with van der Waals surface area (Å²) >= 11 is 6.59. The number of aromatic nitrogens is 4. The van der Waals surface area contributed by atoms with Gasteiger partial charge in [0.05, 0.1) is 17.5 Å². The van der Waals surface area contributed by atoms with Crippen LogP contribution in [0.3, 0.4) is 0 Å². The van der Waals surface area contributed by atoms with Crippen molar-refractivity contribution >= 4 is 28.3 Å². The van der Waals surface area contributed by atoms with Crippen LogP contribution in [-0.2, 0) is 5.54 Å². The fraction of sp³-hybridized carbons (Fsp3) is 0.192. The van der Waals surface area contributed by atoms with Crippen LogP contribution >= 0.6 is 11.6 Å². The molecule has 0 radical (unpaired) electrons. The number of pyridine rings is 1. The Morgan fingerprint density at radius 1 is 1.06 bits per heavy atom. The van der Waals surface area contributed by atoms with Gasteiger partial charge in [-0.25, -0.2) is 9.97 Å². The molecule has 1 aliphatic rings. The summed E-state index contributed by atoms with van der Waals surface area (Å²) in [5, 5.41) is 15.9. The summed E-state index contributed by atoms with van der Waals surface area (Å²) in [6, 6.07) is 19.9. The Labute approximate surface area is 195 Å². The van der Waals surface area contributed by atoms with Crippen molar-refractivity contribution in [1.29, 1.82) is 0 Å². The van der Waals surface area contributed by atoms with Crippen LogP contribution in [0.15, 0.2) is 66.9 Å². The van der Waals surface area contributed by atoms with E-state index in [0.29, 0.717) is 17.9 Å². The van der Waals surface area contributed by atoms with Gasteiger partial charge in [-0.15, -0.1) is 0 Å². The lowest BCUT2D eigenvalue weighted by Crippen LogP contribution is -2.51. The minimum absolute atomic E-state index is 0.322. The number of aryl methyl sites for hydroxylation is 1. The minimum atomic E-state index is -0.468. The highest BCUT2D eigenvalue weighted by molar-refractivity contribution is 6.33. The van der Waals surface area contributed by atoms with E-state index in [1.54, 1.807) is 4.52 Å². The topological polar surface area (TPSA) is 89.3 Å². The second kappa shape index (κ2) is 7.35. The van der Waals surface area contributed by atoms with E-state index in [2.05, 4.69) is 16.1 Å².